The van der Waals surface area contributed by atoms with Crippen molar-refractivity contribution in [2.24, 2.45) is 0 Å². The zero-order valence-corrected chi connectivity index (χ0v) is 10.2. The van der Waals surface area contributed by atoms with E-state index in [1.165, 1.54) is 0 Å². The van der Waals surface area contributed by atoms with Gasteiger partial charge in [0.25, 0.3) is 0 Å². The summed E-state index contributed by atoms with van der Waals surface area (Å²) in [6, 6.07) is 4.42. The molecule has 1 aromatic rings. The summed E-state index contributed by atoms with van der Waals surface area (Å²) >= 11 is 0. The van der Waals surface area contributed by atoms with E-state index in [0.717, 1.165) is 24.9 Å². The van der Waals surface area contributed by atoms with Crippen LogP contribution in [0, 0.1) is 18.3 Å². The maximum atomic E-state index is 8.94. The summed E-state index contributed by atoms with van der Waals surface area (Å²) < 4.78 is 5.85. The fourth-order valence-corrected chi connectivity index (χ4v) is 1.99. The van der Waals surface area contributed by atoms with Gasteiger partial charge in [-0.3, -0.25) is 0 Å². The van der Waals surface area contributed by atoms with Gasteiger partial charge in [0.15, 0.2) is 0 Å². The molecule has 0 bridgehead atoms. The number of nitrogens with one attached hydrogen (secondary N) is 1. The van der Waals surface area contributed by atoms with E-state index in [-0.39, 0.29) is 6.10 Å². The third-order valence-corrected chi connectivity index (χ3v) is 3.17. The molecule has 4 nitrogen and oxygen atoms in total. The number of nitriles is 1. The molecule has 1 aliphatic rings. The van der Waals surface area contributed by atoms with Crippen molar-refractivity contribution >= 4 is 0 Å². The van der Waals surface area contributed by atoms with Crippen LogP contribution in [-0.2, 0) is 0 Å². The molecule has 0 radical (unpaired) electrons. The molecule has 4 heteroatoms. The first-order valence-electron chi connectivity index (χ1n) is 5.96. The lowest BCUT2D eigenvalue weighted by Gasteiger charge is -2.28. The van der Waals surface area contributed by atoms with Crippen LogP contribution in [-0.4, -0.2) is 23.7 Å². The van der Waals surface area contributed by atoms with Gasteiger partial charge in [-0.25, -0.2) is 4.98 Å². The molecule has 1 N–H and O–H groups in total. The predicted octanol–water partition coefficient (Wildman–Crippen LogP) is 1.78. The Morgan fingerprint density at radius 3 is 3.00 bits per heavy atom. The van der Waals surface area contributed by atoms with Crippen LogP contribution in [0.4, 0.5) is 0 Å². The van der Waals surface area contributed by atoms with Crippen LogP contribution in [0.25, 0.3) is 0 Å². The average molecular weight is 231 g/mol. The predicted molar refractivity (Wildman–Crippen MR) is 64.8 cm³/mol. The lowest BCUT2D eigenvalue weighted by molar-refractivity contribution is 0.145. The summed E-state index contributed by atoms with van der Waals surface area (Å²) in [5, 5.41) is 12.3. The molecule has 2 rings (SSSR count). The summed E-state index contributed by atoms with van der Waals surface area (Å²) in [7, 11) is 0. The van der Waals surface area contributed by atoms with Crippen LogP contribution >= 0.6 is 0 Å². The zero-order valence-electron chi connectivity index (χ0n) is 10.2. The molecule has 2 unspecified atom stereocenters. The largest absolute Gasteiger partial charge is 0.473 e. The van der Waals surface area contributed by atoms with Gasteiger partial charge in [-0.15, -0.1) is 0 Å². The molecule has 17 heavy (non-hydrogen) atoms. The van der Waals surface area contributed by atoms with E-state index in [4.69, 9.17) is 10.00 Å². The summed E-state index contributed by atoms with van der Waals surface area (Å²) in [4.78, 5) is 4.20. The van der Waals surface area contributed by atoms with Crippen molar-refractivity contribution in [1.82, 2.24) is 10.3 Å². The molecule has 0 spiro atoms. The van der Waals surface area contributed by atoms with Crippen LogP contribution in [0.5, 0.6) is 5.88 Å². The smallest absolute Gasteiger partial charge is 0.217 e. The van der Waals surface area contributed by atoms with E-state index in [1.807, 2.05) is 6.92 Å². The molecule has 2 heterocycles. The highest BCUT2D eigenvalue weighted by molar-refractivity contribution is 5.41. The third-order valence-electron chi connectivity index (χ3n) is 3.17. The zero-order chi connectivity index (χ0) is 12.3. The highest BCUT2D eigenvalue weighted by atomic mass is 16.5. The van der Waals surface area contributed by atoms with Gasteiger partial charge in [-0.05, 0) is 32.8 Å². The Hall–Kier alpha value is -1.60. The molecule has 1 saturated heterocycles. The minimum absolute atomic E-state index is 0.159. The van der Waals surface area contributed by atoms with Gasteiger partial charge < -0.3 is 10.1 Å². The average Bonchev–Trinajstić information content (AvgIpc) is 2.35. The fraction of sp³-hybridized carbons (Fsp3) is 0.538. The SMILES string of the molecule is Cc1c(C#N)ccnc1OC1CCC(C)NC1. The molecular formula is C13H17N3O. The van der Waals surface area contributed by atoms with E-state index in [2.05, 4.69) is 23.3 Å². The van der Waals surface area contributed by atoms with Gasteiger partial charge in [0, 0.05) is 24.3 Å². The quantitative estimate of drug-likeness (QED) is 0.843. The second-order valence-electron chi connectivity index (χ2n) is 4.53. The summed E-state index contributed by atoms with van der Waals surface area (Å²) in [6.45, 7) is 4.90. The third kappa shape index (κ3) is 2.75. The first-order valence-corrected chi connectivity index (χ1v) is 5.96. The number of pyridine rings is 1. The molecule has 0 amide bonds. The first kappa shape index (κ1) is 11.9. The molecule has 90 valence electrons. The number of rotatable bonds is 2. The molecule has 0 aliphatic carbocycles. The Labute approximate surface area is 102 Å². The lowest BCUT2D eigenvalue weighted by atomic mass is 10.0. The van der Waals surface area contributed by atoms with Crippen LogP contribution < -0.4 is 10.1 Å². The fourth-order valence-electron chi connectivity index (χ4n) is 1.99. The Balaban J connectivity index is 2.06. The second-order valence-corrected chi connectivity index (χ2v) is 4.53. The molecule has 0 saturated carbocycles. The lowest BCUT2D eigenvalue weighted by Crippen LogP contribution is -2.42. The van der Waals surface area contributed by atoms with E-state index in [0.29, 0.717) is 17.5 Å². The molecule has 1 aliphatic heterocycles. The Morgan fingerprint density at radius 2 is 2.35 bits per heavy atom. The summed E-state index contributed by atoms with van der Waals surface area (Å²) in [5.74, 6) is 0.588. The van der Waals surface area contributed by atoms with Gasteiger partial charge in [-0.1, -0.05) is 0 Å². The second kappa shape index (κ2) is 5.15. The van der Waals surface area contributed by atoms with Crippen molar-refractivity contribution in [3.8, 4) is 11.9 Å². The van der Waals surface area contributed by atoms with Crippen LogP contribution in [0.3, 0.4) is 0 Å². The Bertz CT molecular complexity index is 431. The minimum Gasteiger partial charge on any atom is -0.473 e. The number of nitrogens with zero attached hydrogens (tertiary/aromatic N) is 2. The van der Waals surface area contributed by atoms with Crippen molar-refractivity contribution in [3.63, 3.8) is 0 Å². The Kier molecular flexibility index (Phi) is 3.60. The molecule has 0 aromatic carbocycles. The Morgan fingerprint density at radius 1 is 1.53 bits per heavy atom. The summed E-state index contributed by atoms with van der Waals surface area (Å²) in [5.41, 5.74) is 1.46. The first-order chi connectivity index (χ1) is 8.20. The number of aromatic nitrogens is 1. The van der Waals surface area contributed by atoms with Gasteiger partial charge in [0.05, 0.1) is 11.6 Å². The van der Waals surface area contributed by atoms with E-state index in [1.54, 1.807) is 12.3 Å². The monoisotopic (exact) mass is 231 g/mol. The number of hydrogen-bond donors (Lipinski definition) is 1. The summed E-state index contributed by atoms with van der Waals surface area (Å²) in [6.07, 6.45) is 3.93. The molecular weight excluding hydrogens is 214 g/mol. The maximum absolute atomic E-state index is 8.94. The molecule has 2 atom stereocenters. The number of hydrogen-bond acceptors (Lipinski definition) is 4. The van der Waals surface area contributed by atoms with Crippen LogP contribution in [0.1, 0.15) is 30.9 Å². The van der Waals surface area contributed by atoms with E-state index < -0.39 is 0 Å². The number of ether oxygens (including phenoxy) is 1. The normalized spacial score (nSPS) is 24.1. The highest BCUT2D eigenvalue weighted by Gasteiger charge is 2.20. The van der Waals surface area contributed by atoms with Gasteiger partial charge in [-0.2, -0.15) is 5.26 Å². The number of piperidine rings is 1. The maximum Gasteiger partial charge on any atom is 0.217 e. The molecule has 1 aromatic heterocycles. The van der Waals surface area contributed by atoms with Gasteiger partial charge in [0.1, 0.15) is 6.10 Å². The van der Waals surface area contributed by atoms with E-state index >= 15 is 0 Å². The van der Waals surface area contributed by atoms with Crippen molar-refractivity contribution in [1.29, 1.82) is 5.26 Å². The van der Waals surface area contributed by atoms with Crippen molar-refractivity contribution < 1.29 is 4.74 Å². The topological polar surface area (TPSA) is 57.9 Å². The standard InChI is InChI=1S/C13H17N3O/c1-9-3-4-12(8-16-9)17-13-10(2)11(7-14)5-6-15-13/h5-6,9,12,16H,3-4,8H2,1-2H3. The van der Waals surface area contributed by atoms with Gasteiger partial charge in [0.2, 0.25) is 5.88 Å². The minimum atomic E-state index is 0.159. The van der Waals surface area contributed by atoms with Gasteiger partial charge >= 0.3 is 0 Å². The molecule has 1 fully saturated rings. The van der Waals surface area contributed by atoms with Crippen molar-refractivity contribution in [2.45, 2.75) is 38.8 Å². The highest BCUT2D eigenvalue weighted by Crippen LogP contribution is 2.21. The van der Waals surface area contributed by atoms with Crippen molar-refractivity contribution in [3.05, 3.63) is 23.4 Å². The van der Waals surface area contributed by atoms with Crippen molar-refractivity contribution in [2.75, 3.05) is 6.54 Å². The van der Waals surface area contributed by atoms with E-state index in [9.17, 15) is 0 Å². The van der Waals surface area contributed by atoms with Crippen LogP contribution in [0.2, 0.25) is 0 Å². The van der Waals surface area contributed by atoms with Crippen LogP contribution in [0.15, 0.2) is 12.3 Å².